The van der Waals surface area contributed by atoms with Gasteiger partial charge in [0.05, 0.1) is 7.11 Å². The Bertz CT molecular complexity index is 513. The summed E-state index contributed by atoms with van der Waals surface area (Å²) in [6.45, 7) is 1.67. The van der Waals surface area contributed by atoms with Crippen LogP contribution in [0, 0.1) is 0 Å². The lowest BCUT2D eigenvalue weighted by molar-refractivity contribution is 0.416. The zero-order chi connectivity index (χ0) is 13.5. The molecule has 1 heterocycles. The van der Waals surface area contributed by atoms with Gasteiger partial charge in [-0.25, -0.2) is 9.97 Å². The third-order valence-electron chi connectivity index (χ3n) is 2.73. The van der Waals surface area contributed by atoms with Gasteiger partial charge in [-0.2, -0.15) is 0 Å². The second-order valence-corrected chi connectivity index (χ2v) is 4.03. The number of hydrogen-bond acceptors (Lipinski definition) is 5. The topological polar surface area (TPSA) is 59.1 Å². The van der Waals surface area contributed by atoms with Crippen LogP contribution >= 0.6 is 0 Å². The van der Waals surface area contributed by atoms with Crippen LogP contribution in [0.5, 0.6) is 5.75 Å². The molecular weight excluding hydrogens is 240 g/mol. The van der Waals surface area contributed by atoms with Gasteiger partial charge in [0.2, 0.25) is 5.95 Å². The van der Waals surface area contributed by atoms with Crippen molar-refractivity contribution in [2.75, 3.05) is 32.6 Å². The maximum absolute atomic E-state index is 5.33. The van der Waals surface area contributed by atoms with Gasteiger partial charge in [0.25, 0.3) is 0 Å². The predicted octanol–water partition coefficient (Wildman–Crippen LogP) is 1.78. The first kappa shape index (κ1) is 13.3. The number of para-hydroxylation sites is 1. The SMILES string of the molecule is CNCCNc1ncc(-c2ccccc2OC)cn1. The van der Waals surface area contributed by atoms with Crippen LogP contribution < -0.4 is 15.4 Å². The average molecular weight is 258 g/mol. The van der Waals surface area contributed by atoms with E-state index in [1.54, 1.807) is 19.5 Å². The van der Waals surface area contributed by atoms with Gasteiger partial charge in [-0.1, -0.05) is 18.2 Å². The minimum Gasteiger partial charge on any atom is -0.496 e. The van der Waals surface area contributed by atoms with E-state index in [-0.39, 0.29) is 0 Å². The summed E-state index contributed by atoms with van der Waals surface area (Å²) in [6, 6.07) is 7.83. The molecule has 1 aromatic carbocycles. The molecule has 0 saturated carbocycles. The number of hydrogen-bond donors (Lipinski definition) is 2. The molecule has 0 radical (unpaired) electrons. The van der Waals surface area contributed by atoms with Crippen molar-refractivity contribution in [2.45, 2.75) is 0 Å². The average Bonchev–Trinajstić information content (AvgIpc) is 2.48. The van der Waals surface area contributed by atoms with Crippen LogP contribution in [0.25, 0.3) is 11.1 Å². The van der Waals surface area contributed by atoms with Gasteiger partial charge in [0.1, 0.15) is 5.75 Å². The van der Waals surface area contributed by atoms with Gasteiger partial charge in [-0.15, -0.1) is 0 Å². The normalized spacial score (nSPS) is 10.2. The zero-order valence-corrected chi connectivity index (χ0v) is 11.2. The number of methoxy groups -OCH3 is 1. The lowest BCUT2D eigenvalue weighted by Crippen LogP contribution is -2.18. The van der Waals surface area contributed by atoms with E-state index in [0.29, 0.717) is 5.95 Å². The molecule has 0 spiro atoms. The van der Waals surface area contributed by atoms with Crippen molar-refractivity contribution in [2.24, 2.45) is 0 Å². The number of likely N-dealkylation sites (N-methyl/N-ethyl adjacent to an activating group) is 1. The monoisotopic (exact) mass is 258 g/mol. The van der Waals surface area contributed by atoms with E-state index in [9.17, 15) is 0 Å². The van der Waals surface area contributed by atoms with Crippen LogP contribution in [0.1, 0.15) is 0 Å². The molecule has 0 fully saturated rings. The van der Waals surface area contributed by atoms with Crippen LogP contribution in [0.15, 0.2) is 36.7 Å². The number of anilines is 1. The van der Waals surface area contributed by atoms with Crippen molar-refractivity contribution in [3.8, 4) is 16.9 Å². The summed E-state index contributed by atoms with van der Waals surface area (Å²) in [5.74, 6) is 1.45. The Morgan fingerprint density at radius 2 is 1.84 bits per heavy atom. The van der Waals surface area contributed by atoms with Gasteiger partial charge in [-0.05, 0) is 13.1 Å². The van der Waals surface area contributed by atoms with Crippen LogP contribution in [-0.4, -0.2) is 37.2 Å². The maximum atomic E-state index is 5.33. The number of aromatic nitrogens is 2. The van der Waals surface area contributed by atoms with E-state index in [1.807, 2.05) is 31.3 Å². The summed E-state index contributed by atoms with van der Waals surface area (Å²) in [5, 5.41) is 6.19. The minimum atomic E-state index is 0.633. The molecule has 2 aromatic rings. The first-order valence-electron chi connectivity index (χ1n) is 6.19. The van der Waals surface area contributed by atoms with Crippen molar-refractivity contribution in [1.29, 1.82) is 0 Å². The third kappa shape index (κ3) is 3.42. The van der Waals surface area contributed by atoms with Crippen LogP contribution in [0.2, 0.25) is 0 Å². The number of rotatable bonds is 6. The fraction of sp³-hybridized carbons (Fsp3) is 0.286. The molecule has 5 nitrogen and oxygen atoms in total. The van der Waals surface area contributed by atoms with Crippen molar-refractivity contribution in [3.05, 3.63) is 36.7 Å². The largest absolute Gasteiger partial charge is 0.496 e. The Labute approximate surface area is 113 Å². The summed E-state index contributed by atoms with van der Waals surface area (Å²) in [6.07, 6.45) is 3.60. The Morgan fingerprint density at radius 1 is 1.11 bits per heavy atom. The standard InChI is InChI=1S/C14H18N4O/c1-15-7-8-16-14-17-9-11(10-18-14)12-5-3-4-6-13(12)19-2/h3-6,9-10,15H,7-8H2,1-2H3,(H,16,17,18). The summed E-state index contributed by atoms with van der Waals surface area (Å²) >= 11 is 0. The van der Waals surface area contributed by atoms with E-state index in [0.717, 1.165) is 30.0 Å². The first-order valence-corrected chi connectivity index (χ1v) is 6.19. The van der Waals surface area contributed by atoms with Gasteiger partial charge >= 0.3 is 0 Å². The molecule has 0 unspecified atom stereocenters. The molecule has 0 aliphatic heterocycles. The minimum absolute atomic E-state index is 0.633. The van der Waals surface area contributed by atoms with E-state index in [4.69, 9.17) is 4.74 Å². The molecule has 0 aliphatic rings. The van der Waals surface area contributed by atoms with Gasteiger partial charge in [-0.3, -0.25) is 0 Å². The van der Waals surface area contributed by atoms with Crippen LogP contribution in [0.3, 0.4) is 0 Å². The molecular formula is C14H18N4O. The molecule has 2 N–H and O–H groups in total. The molecule has 5 heteroatoms. The second kappa shape index (κ2) is 6.70. The highest BCUT2D eigenvalue weighted by Crippen LogP contribution is 2.28. The van der Waals surface area contributed by atoms with Crippen LogP contribution in [0.4, 0.5) is 5.95 Å². The highest BCUT2D eigenvalue weighted by atomic mass is 16.5. The Balaban J connectivity index is 2.13. The number of nitrogens with zero attached hydrogens (tertiary/aromatic N) is 2. The summed E-state index contributed by atoms with van der Waals surface area (Å²) in [4.78, 5) is 8.59. The molecule has 19 heavy (non-hydrogen) atoms. The van der Waals surface area contributed by atoms with Gasteiger partial charge in [0.15, 0.2) is 0 Å². The summed E-state index contributed by atoms with van der Waals surface area (Å²) < 4.78 is 5.33. The molecule has 0 bridgehead atoms. The summed E-state index contributed by atoms with van der Waals surface area (Å²) in [5.41, 5.74) is 1.93. The summed E-state index contributed by atoms with van der Waals surface area (Å²) in [7, 11) is 3.57. The quantitative estimate of drug-likeness (QED) is 0.773. The van der Waals surface area contributed by atoms with E-state index in [1.165, 1.54) is 0 Å². The fourth-order valence-corrected chi connectivity index (χ4v) is 1.74. The molecule has 0 aliphatic carbocycles. The maximum Gasteiger partial charge on any atom is 0.222 e. The van der Waals surface area contributed by atoms with Crippen LogP contribution in [-0.2, 0) is 0 Å². The van der Waals surface area contributed by atoms with E-state index in [2.05, 4.69) is 20.6 Å². The number of benzene rings is 1. The zero-order valence-electron chi connectivity index (χ0n) is 11.2. The lowest BCUT2D eigenvalue weighted by atomic mass is 10.1. The van der Waals surface area contributed by atoms with Crippen molar-refractivity contribution < 1.29 is 4.74 Å². The highest BCUT2D eigenvalue weighted by molar-refractivity contribution is 5.69. The van der Waals surface area contributed by atoms with Gasteiger partial charge in [0, 0.05) is 36.6 Å². The lowest BCUT2D eigenvalue weighted by Gasteiger charge is -2.08. The fourth-order valence-electron chi connectivity index (χ4n) is 1.74. The predicted molar refractivity (Wildman–Crippen MR) is 76.4 cm³/mol. The second-order valence-electron chi connectivity index (χ2n) is 4.03. The molecule has 0 saturated heterocycles. The van der Waals surface area contributed by atoms with E-state index < -0.39 is 0 Å². The molecule has 0 amide bonds. The molecule has 100 valence electrons. The molecule has 0 atom stereocenters. The Hall–Kier alpha value is -2.14. The Morgan fingerprint density at radius 3 is 2.53 bits per heavy atom. The van der Waals surface area contributed by atoms with Gasteiger partial charge < -0.3 is 15.4 Å². The van der Waals surface area contributed by atoms with Crippen molar-refractivity contribution >= 4 is 5.95 Å². The highest BCUT2D eigenvalue weighted by Gasteiger charge is 2.05. The third-order valence-corrected chi connectivity index (χ3v) is 2.73. The van der Waals surface area contributed by atoms with E-state index >= 15 is 0 Å². The number of ether oxygens (including phenoxy) is 1. The molecule has 1 aromatic heterocycles. The smallest absolute Gasteiger partial charge is 0.222 e. The van der Waals surface area contributed by atoms with Crippen molar-refractivity contribution in [3.63, 3.8) is 0 Å². The number of nitrogens with one attached hydrogen (secondary N) is 2. The first-order chi connectivity index (χ1) is 9.35. The Kier molecular flexibility index (Phi) is 4.69. The molecule has 2 rings (SSSR count). The van der Waals surface area contributed by atoms with Crippen molar-refractivity contribution in [1.82, 2.24) is 15.3 Å².